The molecule has 0 saturated heterocycles. The maximum Gasteiger partial charge on any atom is 0.240 e. The number of rotatable bonds is 7. The average molecular weight is 227 g/mol. The highest BCUT2D eigenvalue weighted by Crippen LogP contribution is 1.95. The zero-order valence-electron chi connectivity index (χ0n) is 10.0. The molecular weight excluding hydrogens is 206 g/mol. The molecule has 2 amide bonds. The Kier molecular flexibility index (Phi) is 7.20. The molecule has 0 rings (SSSR count). The van der Waals surface area contributed by atoms with Gasteiger partial charge in [-0.3, -0.25) is 9.59 Å². The summed E-state index contributed by atoms with van der Waals surface area (Å²) in [5.41, 5.74) is 5.61. The molecule has 0 fully saturated rings. The highest BCUT2D eigenvalue weighted by Gasteiger charge is 2.18. The smallest absolute Gasteiger partial charge is 0.240 e. The van der Waals surface area contributed by atoms with Gasteiger partial charge in [-0.2, -0.15) is 0 Å². The van der Waals surface area contributed by atoms with Crippen molar-refractivity contribution in [1.82, 2.24) is 10.2 Å². The quantitative estimate of drug-likeness (QED) is 0.595. The van der Waals surface area contributed by atoms with Crippen molar-refractivity contribution in [2.75, 3.05) is 20.1 Å². The van der Waals surface area contributed by atoms with Gasteiger partial charge in [-0.1, -0.05) is 13.0 Å². The first-order chi connectivity index (χ1) is 7.52. The van der Waals surface area contributed by atoms with Crippen molar-refractivity contribution in [3.63, 3.8) is 0 Å². The van der Waals surface area contributed by atoms with E-state index in [-0.39, 0.29) is 18.4 Å². The van der Waals surface area contributed by atoms with Crippen LogP contribution in [0.5, 0.6) is 0 Å². The highest BCUT2D eigenvalue weighted by atomic mass is 16.2. The maximum atomic E-state index is 11.6. The van der Waals surface area contributed by atoms with Gasteiger partial charge in [0.25, 0.3) is 0 Å². The fourth-order valence-corrected chi connectivity index (χ4v) is 1.18. The van der Waals surface area contributed by atoms with E-state index in [1.165, 1.54) is 4.90 Å². The lowest BCUT2D eigenvalue weighted by Crippen LogP contribution is -2.45. The van der Waals surface area contributed by atoms with Crippen LogP contribution in [0.15, 0.2) is 12.7 Å². The second-order valence-electron chi connectivity index (χ2n) is 3.68. The molecule has 0 aliphatic carbocycles. The fraction of sp³-hybridized carbons (Fsp3) is 0.636. The van der Waals surface area contributed by atoms with E-state index < -0.39 is 6.04 Å². The highest BCUT2D eigenvalue weighted by molar-refractivity contribution is 5.87. The van der Waals surface area contributed by atoms with Gasteiger partial charge in [0.15, 0.2) is 0 Å². The van der Waals surface area contributed by atoms with Gasteiger partial charge in [0.2, 0.25) is 11.8 Å². The first-order valence-corrected chi connectivity index (χ1v) is 5.41. The predicted molar refractivity (Wildman–Crippen MR) is 63.7 cm³/mol. The number of carbonyl (C=O) groups excluding carboxylic acids is 2. The van der Waals surface area contributed by atoms with Crippen LogP contribution in [0.4, 0.5) is 0 Å². The summed E-state index contributed by atoms with van der Waals surface area (Å²) in [5, 5.41) is 2.70. The van der Waals surface area contributed by atoms with Crippen LogP contribution in [0.3, 0.4) is 0 Å². The third-order valence-corrected chi connectivity index (χ3v) is 2.07. The molecule has 5 nitrogen and oxygen atoms in total. The predicted octanol–water partition coefficient (Wildman–Crippen LogP) is -0.126. The number of nitrogens with one attached hydrogen (secondary N) is 1. The summed E-state index contributed by atoms with van der Waals surface area (Å²) in [6.07, 6.45) is 2.88. The summed E-state index contributed by atoms with van der Waals surface area (Å²) in [5.74, 6) is -0.407. The average Bonchev–Trinajstić information content (AvgIpc) is 2.25. The summed E-state index contributed by atoms with van der Waals surface area (Å²) >= 11 is 0. The fourth-order valence-electron chi connectivity index (χ4n) is 1.18. The Morgan fingerprint density at radius 3 is 2.69 bits per heavy atom. The van der Waals surface area contributed by atoms with E-state index in [0.717, 1.165) is 6.42 Å². The van der Waals surface area contributed by atoms with Gasteiger partial charge in [-0.05, 0) is 12.8 Å². The van der Waals surface area contributed by atoms with Crippen LogP contribution in [0.25, 0.3) is 0 Å². The van der Waals surface area contributed by atoms with Crippen molar-refractivity contribution in [2.24, 2.45) is 5.73 Å². The molecule has 0 aromatic heterocycles. The normalized spacial score (nSPS) is 11.7. The Morgan fingerprint density at radius 2 is 2.19 bits per heavy atom. The molecule has 0 saturated carbocycles. The van der Waals surface area contributed by atoms with Crippen molar-refractivity contribution < 1.29 is 9.59 Å². The summed E-state index contributed by atoms with van der Waals surface area (Å²) in [6.45, 7) is 6.15. The third kappa shape index (κ3) is 5.50. The Labute approximate surface area is 96.7 Å². The molecule has 0 radical (unpaired) electrons. The third-order valence-electron chi connectivity index (χ3n) is 2.07. The van der Waals surface area contributed by atoms with E-state index in [1.807, 2.05) is 6.92 Å². The van der Waals surface area contributed by atoms with E-state index in [4.69, 9.17) is 5.73 Å². The molecule has 1 unspecified atom stereocenters. The summed E-state index contributed by atoms with van der Waals surface area (Å²) < 4.78 is 0. The summed E-state index contributed by atoms with van der Waals surface area (Å²) in [4.78, 5) is 24.3. The number of likely N-dealkylation sites (N-methyl/N-ethyl adjacent to an activating group) is 1. The minimum absolute atomic E-state index is 0.0453. The first-order valence-electron chi connectivity index (χ1n) is 5.41. The van der Waals surface area contributed by atoms with Gasteiger partial charge in [0.05, 0.1) is 12.6 Å². The number of carbonyl (C=O) groups is 2. The number of nitrogens with two attached hydrogens (primary N) is 1. The van der Waals surface area contributed by atoms with Crippen LogP contribution >= 0.6 is 0 Å². The lowest BCUT2D eigenvalue weighted by molar-refractivity contribution is -0.135. The molecule has 0 aliphatic rings. The number of hydrogen-bond acceptors (Lipinski definition) is 3. The molecule has 0 bridgehead atoms. The zero-order valence-corrected chi connectivity index (χ0v) is 10.0. The summed E-state index contributed by atoms with van der Waals surface area (Å²) in [7, 11) is 1.57. The van der Waals surface area contributed by atoms with Gasteiger partial charge >= 0.3 is 0 Å². The molecule has 0 aromatic rings. The van der Waals surface area contributed by atoms with Gasteiger partial charge in [-0.15, -0.1) is 6.58 Å². The lowest BCUT2D eigenvalue weighted by atomic mass is 10.2. The van der Waals surface area contributed by atoms with Crippen molar-refractivity contribution in [3.05, 3.63) is 12.7 Å². The van der Waals surface area contributed by atoms with E-state index in [2.05, 4.69) is 11.9 Å². The molecule has 1 atom stereocenters. The Hall–Kier alpha value is -1.36. The summed E-state index contributed by atoms with van der Waals surface area (Å²) in [6, 6.07) is -0.610. The minimum Gasteiger partial charge on any atom is -0.355 e. The second kappa shape index (κ2) is 7.87. The second-order valence-corrected chi connectivity index (χ2v) is 3.68. The molecule has 92 valence electrons. The van der Waals surface area contributed by atoms with Gasteiger partial charge in [-0.25, -0.2) is 0 Å². The molecule has 0 heterocycles. The van der Waals surface area contributed by atoms with Crippen molar-refractivity contribution >= 4 is 11.8 Å². The standard InChI is InChI=1S/C11H21N3O2/c1-4-6-9(12)11(16)14(3)8-10(15)13-7-5-2/h4,9H,1,5-8,12H2,2-3H3,(H,13,15). The molecule has 5 heteroatoms. The van der Waals surface area contributed by atoms with E-state index in [9.17, 15) is 9.59 Å². The molecule has 0 spiro atoms. The molecule has 0 aromatic carbocycles. The van der Waals surface area contributed by atoms with Gasteiger partial charge in [0, 0.05) is 13.6 Å². The largest absolute Gasteiger partial charge is 0.355 e. The molecule has 3 N–H and O–H groups in total. The van der Waals surface area contributed by atoms with Crippen LogP contribution in [0, 0.1) is 0 Å². The minimum atomic E-state index is -0.610. The molecular formula is C11H21N3O2. The van der Waals surface area contributed by atoms with Crippen molar-refractivity contribution in [3.8, 4) is 0 Å². The number of hydrogen-bond donors (Lipinski definition) is 2. The zero-order chi connectivity index (χ0) is 12.6. The van der Waals surface area contributed by atoms with Crippen molar-refractivity contribution in [1.29, 1.82) is 0 Å². The van der Waals surface area contributed by atoms with Crippen LogP contribution in [-0.4, -0.2) is 42.9 Å². The lowest BCUT2D eigenvalue weighted by Gasteiger charge is -2.20. The Bertz CT molecular complexity index is 254. The van der Waals surface area contributed by atoms with Crippen LogP contribution in [0.2, 0.25) is 0 Å². The van der Waals surface area contributed by atoms with Crippen molar-refractivity contribution in [2.45, 2.75) is 25.8 Å². The topological polar surface area (TPSA) is 75.4 Å². The van der Waals surface area contributed by atoms with Gasteiger partial charge < -0.3 is 16.0 Å². The first kappa shape index (κ1) is 14.6. The Morgan fingerprint density at radius 1 is 1.56 bits per heavy atom. The van der Waals surface area contributed by atoms with Gasteiger partial charge in [0.1, 0.15) is 0 Å². The Balaban J connectivity index is 4.03. The monoisotopic (exact) mass is 227 g/mol. The molecule has 0 aliphatic heterocycles. The van der Waals surface area contributed by atoms with E-state index >= 15 is 0 Å². The maximum absolute atomic E-state index is 11.6. The van der Waals surface area contributed by atoms with Crippen LogP contribution in [0.1, 0.15) is 19.8 Å². The number of nitrogens with zero attached hydrogens (tertiary/aromatic N) is 1. The van der Waals surface area contributed by atoms with Crippen LogP contribution < -0.4 is 11.1 Å². The van der Waals surface area contributed by atoms with E-state index in [1.54, 1.807) is 13.1 Å². The number of amides is 2. The van der Waals surface area contributed by atoms with E-state index in [0.29, 0.717) is 13.0 Å². The molecule has 16 heavy (non-hydrogen) atoms. The van der Waals surface area contributed by atoms with Crippen LogP contribution in [-0.2, 0) is 9.59 Å². The SMILES string of the molecule is C=CCC(N)C(=O)N(C)CC(=O)NCCC.